The number of ether oxygens (including phenoxy) is 1. The van der Waals surface area contributed by atoms with Crippen LogP contribution in [-0.4, -0.2) is 16.6 Å². The number of imidazole rings is 1. The Morgan fingerprint density at radius 2 is 2.05 bits per heavy atom. The summed E-state index contributed by atoms with van der Waals surface area (Å²) < 4.78 is 5.83. The maximum Gasteiger partial charge on any atom is 0.122 e. The van der Waals surface area contributed by atoms with E-state index in [1.165, 1.54) is 5.56 Å². The second-order valence-corrected chi connectivity index (χ2v) is 5.19. The quantitative estimate of drug-likeness (QED) is 0.665. The van der Waals surface area contributed by atoms with Crippen molar-refractivity contribution in [1.82, 2.24) is 9.97 Å². The molecule has 1 aliphatic heterocycles. The van der Waals surface area contributed by atoms with Crippen molar-refractivity contribution in [2.45, 2.75) is 12.3 Å². The summed E-state index contributed by atoms with van der Waals surface area (Å²) in [6.45, 7) is 0.650. The number of aromatic nitrogens is 2. The Morgan fingerprint density at radius 3 is 2.95 bits per heavy atom. The number of rotatable bonds is 1. The van der Waals surface area contributed by atoms with Crippen LogP contribution in [0.3, 0.4) is 0 Å². The first-order valence-corrected chi connectivity index (χ1v) is 6.76. The van der Waals surface area contributed by atoms with E-state index in [0.29, 0.717) is 12.3 Å². The first-order chi connectivity index (χ1) is 9.81. The zero-order chi connectivity index (χ0) is 13.5. The number of nitrogens with one attached hydrogen (secondary N) is 1. The molecule has 1 aromatic heterocycles. The van der Waals surface area contributed by atoms with Gasteiger partial charge >= 0.3 is 0 Å². The Morgan fingerprint density at radius 1 is 1.15 bits per heavy atom. The Bertz CT molecular complexity index is 778. The molecule has 100 valence electrons. The molecule has 0 spiro atoms. The molecule has 4 rings (SSSR count). The van der Waals surface area contributed by atoms with Crippen LogP contribution in [0, 0.1) is 0 Å². The van der Waals surface area contributed by atoms with E-state index in [-0.39, 0.29) is 5.92 Å². The number of para-hydroxylation sites is 2. The van der Waals surface area contributed by atoms with E-state index in [1.54, 1.807) is 0 Å². The van der Waals surface area contributed by atoms with Crippen LogP contribution >= 0.6 is 0 Å². The summed E-state index contributed by atoms with van der Waals surface area (Å²) in [7, 11) is 0. The van der Waals surface area contributed by atoms with Gasteiger partial charge in [0.15, 0.2) is 0 Å². The summed E-state index contributed by atoms with van der Waals surface area (Å²) in [5.74, 6) is 2.18. The van der Waals surface area contributed by atoms with E-state index in [9.17, 15) is 0 Å². The van der Waals surface area contributed by atoms with Crippen molar-refractivity contribution >= 4 is 16.7 Å². The fourth-order valence-electron chi connectivity index (χ4n) is 2.77. The van der Waals surface area contributed by atoms with Gasteiger partial charge in [-0.25, -0.2) is 4.98 Å². The maximum atomic E-state index is 5.96. The topological polar surface area (TPSA) is 63.9 Å². The molecule has 1 aliphatic rings. The highest BCUT2D eigenvalue weighted by molar-refractivity contribution is 5.86. The Balaban J connectivity index is 1.72. The lowest BCUT2D eigenvalue weighted by atomic mass is 9.96. The van der Waals surface area contributed by atoms with Crippen molar-refractivity contribution in [1.29, 1.82) is 0 Å². The van der Waals surface area contributed by atoms with E-state index in [0.717, 1.165) is 29.0 Å². The number of aromatic amines is 1. The van der Waals surface area contributed by atoms with Crippen molar-refractivity contribution in [3.8, 4) is 5.75 Å². The van der Waals surface area contributed by atoms with E-state index < -0.39 is 0 Å². The van der Waals surface area contributed by atoms with Crippen LogP contribution in [0.4, 0.5) is 5.69 Å². The molecule has 0 amide bonds. The molecular formula is C16H15N3O. The molecule has 3 N–H and O–H groups in total. The van der Waals surface area contributed by atoms with Gasteiger partial charge in [0.1, 0.15) is 17.1 Å². The second-order valence-electron chi connectivity index (χ2n) is 5.19. The number of anilines is 1. The number of fused-ring (bicyclic) bond motifs is 2. The van der Waals surface area contributed by atoms with Gasteiger partial charge in [-0.15, -0.1) is 0 Å². The van der Waals surface area contributed by atoms with E-state index in [1.807, 2.05) is 36.4 Å². The Kier molecular flexibility index (Phi) is 2.42. The zero-order valence-electron chi connectivity index (χ0n) is 11.0. The highest BCUT2D eigenvalue weighted by Crippen LogP contribution is 2.32. The molecule has 3 aromatic rings. The van der Waals surface area contributed by atoms with Gasteiger partial charge in [0, 0.05) is 0 Å². The summed E-state index contributed by atoms with van der Waals surface area (Å²) in [5, 5.41) is 0. The van der Waals surface area contributed by atoms with E-state index >= 15 is 0 Å². The molecule has 0 radical (unpaired) electrons. The SMILES string of the molecule is Nc1cccc2[nH]c(C3COc4ccccc4C3)nc12. The van der Waals surface area contributed by atoms with Crippen molar-refractivity contribution in [3.05, 3.63) is 53.9 Å². The van der Waals surface area contributed by atoms with Crippen LogP contribution in [0.1, 0.15) is 17.3 Å². The van der Waals surface area contributed by atoms with Crippen LogP contribution in [0.5, 0.6) is 5.75 Å². The van der Waals surface area contributed by atoms with Crippen LogP contribution in [-0.2, 0) is 6.42 Å². The summed E-state index contributed by atoms with van der Waals surface area (Å²) in [6, 6.07) is 14.0. The fourth-order valence-corrected chi connectivity index (χ4v) is 2.77. The van der Waals surface area contributed by atoms with Gasteiger partial charge < -0.3 is 15.5 Å². The zero-order valence-corrected chi connectivity index (χ0v) is 11.0. The van der Waals surface area contributed by atoms with E-state index in [4.69, 9.17) is 10.5 Å². The summed E-state index contributed by atoms with van der Waals surface area (Å²) in [4.78, 5) is 8.01. The van der Waals surface area contributed by atoms with Gasteiger partial charge in [0.05, 0.1) is 23.7 Å². The van der Waals surface area contributed by atoms with Gasteiger partial charge in [0.25, 0.3) is 0 Å². The molecule has 2 heterocycles. The number of hydrogen-bond acceptors (Lipinski definition) is 3. The van der Waals surface area contributed by atoms with Gasteiger partial charge in [0.2, 0.25) is 0 Å². The highest BCUT2D eigenvalue weighted by Gasteiger charge is 2.23. The Hall–Kier alpha value is -2.49. The van der Waals surface area contributed by atoms with Crippen molar-refractivity contribution in [3.63, 3.8) is 0 Å². The molecule has 0 saturated heterocycles. The minimum Gasteiger partial charge on any atom is -0.493 e. The number of nitrogens with two attached hydrogens (primary N) is 1. The normalized spacial score (nSPS) is 17.7. The molecule has 4 heteroatoms. The summed E-state index contributed by atoms with van der Waals surface area (Å²) >= 11 is 0. The largest absolute Gasteiger partial charge is 0.493 e. The minimum atomic E-state index is 0.247. The third kappa shape index (κ3) is 1.72. The molecule has 2 aromatic carbocycles. The lowest BCUT2D eigenvalue weighted by Crippen LogP contribution is -2.20. The molecule has 1 atom stereocenters. The number of hydrogen-bond donors (Lipinski definition) is 2. The number of nitrogen functional groups attached to an aromatic ring is 1. The van der Waals surface area contributed by atoms with Crippen LogP contribution < -0.4 is 10.5 Å². The van der Waals surface area contributed by atoms with Crippen LogP contribution in [0.2, 0.25) is 0 Å². The van der Waals surface area contributed by atoms with Gasteiger partial charge in [-0.05, 0) is 30.2 Å². The van der Waals surface area contributed by atoms with E-state index in [2.05, 4.69) is 16.0 Å². The molecule has 4 nitrogen and oxygen atoms in total. The predicted molar refractivity (Wildman–Crippen MR) is 78.9 cm³/mol. The van der Waals surface area contributed by atoms with Gasteiger partial charge in [-0.1, -0.05) is 24.3 Å². The van der Waals surface area contributed by atoms with Gasteiger partial charge in [-0.3, -0.25) is 0 Å². The van der Waals surface area contributed by atoms with Crippen molar-refractivity contribution < 1.29 is 4.74 Å². The molecule has 0 aliphatic carbocycles. The Labute approximate surface area is 116 Å². The first-order valence-electron chi connectivity index (χ1n) is 6.76. The number of benzene rings is 2. The third-order valence-electron chi connectivity index (χ3n) is 3.83. The van der Waals surface area contributed by atoms with Crippen molar-refractivity contribution in [2.24, 2.45) is 0 Å². The maximum absolute atomic E-state index is 5.96. The third-order valence-corrected chi connectivity index (χ3v) is 3.83. The smallest absolute Gasteiger partial charge is 0.122 e. The molecule has 0 saturated carbocycles. The van der Waals surface area contributed by atoms with Crippen LogP contribution in [0.25, 0.3) is 11.0 Å². The van der Waals surface area contributed by atoms with Crippen molar-refractivity contribution in [2.75, 3.05) is 12.3 Å². The fraction of sp³-hybridized carbons (Fsp3) is 0.188. The lowest BCUT2D eigenvalue weighted by molar-refractivity contribution is 0.258. The average molecular weight is 265 g/mol. The highest BCUT2D eigenvalue weighted by atomic mass is 16.5. The number of H-pyrrole nitrogens is 1. The summed E-state index contributed by atoms with van der Waals surface area (Å²) in [6.07, 6.45) is 0.940. The van der Waals surface area contributed by atoms with Crippen LogP contribution in [0.15, 0.2) is 42.5 Å². The second kappa shape index (κ2) is 4.27. The standard InChI is InChI=1S/C16H15N3O/c17-12-5-3-6-13-15(12)19-16(18-13)11-8-10-4-1-2-7-14(10)20-9-11/h1-7,11H,8-9,17H2,(H,18,19). The number of nitrogens with zero attached hydrogens (tertiary/aromatic N) is 1. The molecular weight excluding hydrogens is 250 g/mol. The predicted octanol–water partition coefficient (Wildman–Crippen LogP) is 2.86. The molecule has 0 bridgehead atoms. The first kappa shape index (κ1) is 11.3. The summed E-state index contributed by atoms with van der Waals surface area (Å²) in [5.41, 5.74) is 9.74. The minimum absolute atomic E-state index is 0.247. The average Bonchev–Trinajstić information content (AvgIpc) is 2.92. The molecule has 20 heavy (non-hydrogen) atoms. The monoisotopic (exact) mass is 265 g/mol. The molecule has 1 unspecified atom stereocenters. The van der Waals surface area contributed by atoms with Gasteiger partial charge in [-0.2, -0.15) is 0 Å². The lowest BCUT2D eigenvalue weighted by Gasteiger charge is -2.23. The molecule has 0 fully saturated rings.